The quantitative estimate of drug-likeness (QED) is 0.800. The minimum Gasteiger partial charge on any atom is -0.324 e. The summed E-state index contributed by atoms with van der Waals surface area (Å²) in [4.78, 5) is 16.1. The summed E-state index contributed by atoms with van der Waals surface area (Å²) in [6.07, 6.45) is 0. The number of thiol groups is 1. The third-order valence-electron chi connectivity index (χ3n) is 2.48. The minimum atomic E-state index is -0.331. The Morgan fingerprint density at radius 1 is 1.41 bits per heavy atom. The first-order chi connectivity index (χ1) is 8.08. The number of amides is 1. The van der Waals surface area contributed by atoms with Gasteiger partial charge in [-0.25, -0.2) is 0 Å². The maximum Gasteiger partial charge on any atom is 0.236 e. The number of nitrogens with zero attached hydrogens (tertiary/aromatic N) is 1. The molecule has 0 fully saturated rings. The molecule has 0 aliphatic rings. The number of benzene rings is 1. The van der Waals surface area contributed by atoms with Gasteiger partial charge in [0, 0.05) is 11.1 Å². The lowest BCUT2D eigenvalue weighted by molar-refractivity contribution is -0.115. The van der Waals surface area contributed by atoms with E-state index in [1.54, 1.807) is 6.92 Å². The average Bonchev–Trinajstić information content (AvgIpc) is 2.28. The minimum absolute atomic E-state index is 0.107. The molecule has 88 valence electrons. The van der Waals surface area contributed by atoms with E-state index in [9.17, 15) is 4.79 Å². The molecule has 2 aromatic rings. The van der Waals surface area contributed by atoms with E-state index in [1.807, 2.05) is 37.3 Å². The average molecular weight is 246 g/mol. The van der Waals surface area contributed by atoms with E-state index in [4.69, 9.17) is 0 Å². The Kier molecular flexibility index (Phi) is 3.33. The van der Waals surface area contributed by atoms with Gasteiger partial charge in [0.1, 0.15) is 0 Å². The monoisotopic (exact) mass is 246 g/mol. The highest BCUT2D eigenvalue weighted by molar-refractivity contribution is 7.81. The molecule has 1 amide bonds. The van der Waals surface area contributed by atoms with Gasteiger partial charge in [-0.05, 0) is 26.0 Å². The van der Waals surface area contributed by atoms with Crippen molar-refractivity contribution in [1.82, 2.24) is 4.98 Å². The SMILES string of the molecule is Cc1cc(NC(=O)C(C)S)c2ccccc2n1. The number of carbonyl (C=O) groups excluding carboxylic acids is 1. The summed E-state index contributed by atoms with van der Waals surface area (Å²) in [6.45, 7) is 3.65. The summed E-state index contributed by atoms with van der Waals surface area (Å²) in [7, 11) is 0. The fourth-order valence-electron chi connectivity index (χ4n) is 1.65. The number of nitrogens with one attached hydrogen (secondary N) is 1. The first-order valence-electron chi connectivity index (χ1n) is 5.43. The molecule has 0 aliphatic heterocycles. The van der Waals surface area contributed by atoms with Gasteiger partial charge in [0.25, 0.3) is 0 Å². The molecule has 1 aromatic heterocycles. The highest BCUT2D eigenvalue weighted by Crippen LogP contribution is 2.23. The number of pyridine rings is 1. The van der Waals surface area contributed by atoms with Gasteiger partial charge in [-0.15, -0.1) is 0 Å². The van der Waals surface area contributed by atoms with E-state index >= 15 is 0 Å². The predicted molar refractivity (Wildman–Crippen MR) is 73.6 cm³/mol. The van der Waals surface area contributed by atoms with E-state index in [0.717, 1.165) is 22.3 Å². The molecule has 1 unspecified atom stereocenters. The molecule has 1 N–H and O–H groups in total. The highest BCUT2D eigenvalue weighted by Gasteiger charge is 2.10. The van der Waals surface area contributed by atoms with Crippen LogP contribution in [0, 0.1) is 6.92 Å². The van der Waals surface area contributed by atoms with Crippen molar-refractivity contribution in [2.24, 2.45) is 0 Å². The summed E-state index contributed by atoms with van der Waals surface area (Å²) in [5.74, 6) is -0.107. The number of para-hydroxylation sites is 1. The highest BCUT2D eigenvalue weighted by atomic mass is 32.1. The lowest BCUT2D eigenvalue weighted by atomic mass is 10.1. The van der Waals surface area contributed by atoms with Gasteiger partial charge in [0.2, 0.25) is 5.91 Å². The van der Waals surface area contributed by atoms with E-state index in [0.29, 0.717) is 0 Å². The Hall–Kier alpha value is -1.55. The number of aryl methyl sites for hydroxylation is 1. The molecule has 0 radical (unpaired) electrons. The van der Waals surface area contributed by atoms with Crippen LogP contribution >= 0.6 is 12.6 Å². The topological polar surface area (TPSA) is 42.0 Å². The first-order valence-corrected chi connectivity index (χ1v) is 5.95. The van der Waals surface area contributed by atoms with Crippen molar-refractivity contribution in [1.29, 1.82) is 0 Å². The van der Waals surface area contributed by atoms with Gasteiger partial charge in [-0.2, -0.15) is 12.6 Å². The van der Waals surface area contributed by atoms with Crippen molar-refractivity contribution >= 4 is 35.1 Å². The third kappa shape index (κ3) is 2.58. The van der Waals surface area contributed by atoms with Crippen molar-refractivity contribution in [2.45, 2.75) is 19.1 Å². The molecule has 0 aliphatic carbocycles. The van der Waals surface area contributed by atoms with Crippen molar-refractivity contribution < 1.29 is 4.79 Å². The zero-order valence-corrected chi connectivity index (χ0v) is 10.7. The maximum atomic E-state index is 11.7. The Morgan fingerprint density at radius 3 is 2.82 bits per heavy atom. The summed E-state index contributed by atoms with van der Waals surface area (Å²) in [5, 5.41) is 3.48. The molecule has 0 saturated carbocycles. The lowest BCUT2D eigenvalue weighted by Crippen LogP contribution is -2.20. The maximum absolute atomic E-state index is 11.7. The number of hydrogen-bond donors (Lipinski definition) is 2. The molecule has 17 heavy (non-hydrogen) atoms. The molecule has 1 atom stereocenters. The van der Waals surface area contributed by atoms with Crippen LogP contribution in [0.3, 0.4) is 0 Å². The zero-order valence-electron chi connectivity index (χ0n) is 9.77. The fraction of sp³-hybridized carbons (Fsp3) is 0.231. The van der Waals surface area contributed by atoms with Gasteiger partial charge in [-0.3, -0.25) is 9.78 Å². The van der Waals surface area contributed by atoms with Gasteiger partial charge in [0.15, 0.2) is 0 Å². The van der Waals surface area contributed by atoms with Crippen LogP contribution in [0.4, 0.5) is 5.69 Å². The van der Waals surface area contributed by atoms with Crippen LogP contribution in [0.5, 0.6) is 0 Å². The van der Waals surface area contributed by atoms with Gasteiger partial charge >= 0.3 is 0 Å². The second-order valence-corrected chi connectivity index (χ2v) is 4.77. The Labute approximate surface area is 106 Å². The Balaban J connectivity index is 2.49. The standard InChI is InChI=1S/C13H14N2OS/c1-8-7-12(15-13(16)9(2)17)10-5-3-4-6-11(10)14-8/h3-7,9,17H,1-2H3,(H,14,15,16). The molecule has 3 nitrogen and oxygen atoms in total. The van der Waals surface area contributed by atoms with Crippen molar-refractivity contribution in [2.75, 3.05) is 5.32 Å². The summed E-state index contributed by atoms with van der Waals surface area (Å²) in [5.41, 5.74) is 2.56. The number of hydrogen-bond acceptors (Lipinski definition) is 3. The molecule has 1 heterocycles. The third-order valence-corrected chi connectivity index (χ3v) is 2.72. The van der Waals surface area contributed by atoms with Crippen LogP contribution in [-0.2, 0) is 4.79 Å². The molecule has 2 rings (SSSR count). The van der Waals surface area contributed by atoms with Crippen LogP contribution in [0.25, 0.3) is 10.9 Å². The largest absolute Gasteiger partial charge is 0.324 e. The Bertz CT molecular complexity index is 566. The molecular formula is C13H14N2OS. The molecule has 4 heteroatoms. The molecule has 0 saturated heterocycles. The normalized spacial score (nSPS) is 12.4. The lowest BCUT2D eigenvalue weighted by Gasteiger charge is -2.10. The number of aromatic nitrogens is 1. The van der Waals surface area contributed by atoms with E-state index in [2.05, 4.69) is 22.9 Å². The van der Waals surface area contributed by atoms with E-state index in [-0.39, 0.29) is 11.2 Å². The van der Waals surface area contributed by atoms with Crippen LogP contribution < -0.4 is 5.32 Å². The molecule has 0 bridgehead atoms. The number of rotatable bonds is 2. The number of carbonyl (C=O) groups is 1. The van der Waals surface area contributed by atoms with Crippen LogP contribution in [0.2, 0.25) is 0 Å². The van der Waals surface area contributed by atoms with Gasteiger partial charge in [0.05, 0.1) is 16.5 Å². The van der Waals surface area contributed by atoms with Gasteiger partial charge in [-0.1, -0.05) is 18.2 Å². The van der Waals surface area contributed by atoms with Crippen LogP contribution in [0.1, 0.15) is 12.6 Å². The van der Waals surface area contributed by atoms with E-state index < -0.39 is 0 Å². The summed E-state index contributed by atoms with van der Waals surface area (Å²) < 4.78 is 0. The number of fused-ring (bicyclic) bond motifs is 1. The molecule has 0 spiro atoms. The fourth-order valence-corrected chi connectivity index (χ4v) is 1.71. The summed E-state index contributed by atoms with van der Waals surface area (Å²) >= 11 is 4.12. The predicted octanol–water partition coefficient (Wildman–Crippen LogP) is 2.80. The second-order valence-electron chi connectivity index (χ2n) is 3.99. The molecule has 1 aromatic carbocycles. The first kappa shape index (κ1) is 11.9. The summed E-state index contributed by atoms with van der Waals surface area (Å²) in [6, 6.07) is 9.61. The number of anilines is 1. The van der Waals surface area contributed by atoms with Crippen molar-refractivity contribution in [3.8, 4) is 0 Å². The molecular weight excluding hydrogens is 232 g/mol. The van der Waals surface area contributed by atoms with E-state index in [1.165, 1.54) is 0 Å². The van der Waals surface area contributed by atoms with Crippen LogP contribution in [-0.4, -0.2) is 16.1 Å². The van der Waals surface area contributed by atoms with Crippen molar-refractivity contribution in [3.05, 3.63) is 36.0 Å². The van der Waals surface area contributed by atoms with Crippen molar-refractivity contribution in [3.63, 3.8) is 0 Å². The Morgan fingerprint density at radius 2 is 2.12 bits per heavy atom. The second kappa shape index (κ2) is 4.75. The zero-order chi connectivity index (χ0) is 12.4. The smallest absolute Gasteiger partial charge is 0.236 e. The van der Waals surface area contributed by atoms with Crippen LogP contribution in [0.15, 0.2) is 30.3 Å². The van der Waals surface area contributed by atoms with Gasteiger partial charge < -0.3 is 5.32 Å².